The fraction of sp³-hybridized carbons (Fsp3) is 0.500. The van der Waals surface area contributed by atoms with Crippen molar-refractivity contribution in [2.24, 2.45) is 10.7 Å². The summed E-state index contributed by atoms with van der Waals surface area (Å²) in [4.78, 5) is 29.3. The molecular weight excluding hydrogens is 350 g/mol. The van der Waals surface area contributed by atoms with Gasteiger partial charge in [0.25, 0.3) is 5.91 Å². The van der Waals surface area contributed by atoms with Gasteiger partial charge in [0.1, 0.15) is 0 Å². The second-order valence-corrected chi connectivity index (χ2v) is 8.58. The lowest BCUT2D eigenvalue weighted by atomic mass is 10.1. The number of nitrogens with zero attached hydrogens (tertiary/aromatic N) is 2. The highest BCUT2D eigenvalue weighted by molar-refractivity contribution is 8.00. The Balaban J connectivity index is 1.90. The SMILES string of the molecule is CN=C(NCc1ccc(C(=O)NCC(N)=O)cc1)N1CCSC(C)(C)C1. The molecule has 1 aromatic carbocycles. The Morgan fingerprint density at radius 1 is 1.27 bits per heavy atom. The third-order valence-electron chi connectivity index (χ3n) is 4.03. The van der Waals surface area contributed by atoms with Crippen LogP contribution in [0.1, 0.15) is 29.8 Å². The van der Waals surface area contributed by atoms with E-state index in [1.807, 2.05) is 23.9 Å². The summed E-state index contributed by atoms with van der Waals surface area (Å²) in [5, 5.41) is 5.86. The summed E-state index contributed by atoms with van der Waals surface area (Å²) < 4.78 is 0.218. The van der Waals surface area contributed by atoms with Crippen molar-refractivity contribution in [1.29, 1.82) is 0 Å². The maximum Gasteiger partial charge on any atom is 0.251 e. The standard InChI is InChI=1S/C18H27N5O2S/c1-18(2)12-23(8-9-26-18)17(20-3)22-10-13-4-6-14(7-5-13)16(25)21-11-15(19)24/h4-7H,8-12H2,1-3H3,(H2,19,24)(H,20,22)(H,21,25). The molecule has 1 aliphatic rings. The number of nitrogens with two attached hydrogens (primary N) is 1. The predicted molar refractivity (Wildman–Crippen MR) is 106 cm³/mol. The van der Waals surface area contributed by atoms with Gasteiger partial charge >= 0.3 is 0 Å². The van der Waals surface area contributed by atoms with Gasteiger partial charge in [-0.05, 0) is 31.5 Å². The molecular formula is C18H27N5O2S. The minimum atomic E-state index is -0.565. The Morgan fingerprint density at radius 2 is 1.96 bits per heavy atom. The molecule has 1 aliphatic heterocycles. The summed E-state index contributed by atoms with van der Waals surface area (Å²) in [5.41, 5.74) is 6.56. The van der Waals surface area contributed by atoms with Crippen LogP contribution in [0.4, 0.5) is 0 Å². The van der Waals surface area contributed by atoms with Crippen LogP contribution in [-0.4, -0.2) is 59.9 Å². The van der Waals surface area contributed by atoms with Crippen LogP contribution in [0.2, 0.25) is 0 Å². The molecule has 8 heteroatoms. The third-order valence-corrected chi connectivity index (χ3v) is 5.32. The predicted octanol–water partition coefficient (Wildman–Crippen LogP) is 0.805. The van der Waals surface area contributed by atoms with Gasteiger partial charge in [-0.3, -0.25) is 14.6 Å². The Bertz CT molecular complexity index is 673. The second kappa shape index (κ2) is 8.93. The van der Waals surface area contributed by atoms with Crippen molar-refractivity contribution in [1.82, 2.24) is 15.5 Å². The molecule has 4 N–H and O–H groups in total. The van der Waals surface area contributed by atoms with Crippen LogP contribution >= 0.6 is 11.8 Å². The summed E-state index contributed by atoms with van der Waals surface area (Å²) in [6.45, 7) is 6.89. The molecule has 0 unspecified atom stereocenters. The van der Waals surface area contributed by atoms with E-state index in [4.69, 9.17) is 5.73 Å². The highest BCUT2D eigenvalue weighted by Crippen LogP contribution is 2.29. The number of nitrogens with one attached hydrogen (secondary N) is 2. The van der Waals surface area contributed by atoms with Gasteiger partial charge in [0.05, 0.1) is 6.54 Å². The number of thioether (sulfide) groups is 1. The number of primary amides is 1. The van der Waals surface area contributed by atoms with Crippen LogP contribution in [0.25, 0.3) is 0 Å². The molecule has 2 rings (SSSR count). The quantitative estimate of drug-likeness (QED) is 0.521. The summed E-state index contributed by atoms with van der Waals surface area (Å²) in [5.74, 6) is 1.10. The molecule has 1 fully saturated rings. The van der Waals surface area contributed by atoms with Crippen LogP contribution in [0.15, 0.2) is 29.3 Å². The molecule has 0 radical (unpaired) electrons. The zero-order valence-electron chi connectivity index (χ0n) is 15.5. The van der Waals surface area contributed by atoms with E-state index in [0.29, 0.717) is 12.1 Å². The van der Waals surface area contributed by atoms with Crippen LogP contribution in [-0.2, 0) is 11.3 Å². The number of guanidine groups is 1. The number of carbonyl (C=O) groups excluding carboxylic acids is 2. The van der Waals surface area contributed by atoms with Gasteiger partial charge in [0.2, 0.25) is 5.91 Å². The Labute approximate surface area is 158 Å². The first-order valence-corrected chi connectivity index (χ1v) is 9.54. The normalized spacial score (nSPS) is 16.9. The molecule has 0 atom stereocenters. The van der Waals surface area contributed by atoms with Crippen molar-refractivity contribution in [3.8, 4) is 0 Å². The van der Waals surface area contributed by atoms with Crippen LogP contribution < -0.4 is 16.4 Å². The molecule has 1 aromatic rings. The van der Waals surface area contributed by atoms with Crippen molar-refractivity contribution >= 4 is 29.5 Å². The molecule has 0 aromatic heterocycles. The topological polar surface area (TPSA) is 99.8 Å². The molecule has 0 aliphatic carbocycles. The van der Waals surface area contributed by atoms with Gasteiger partial charge in [-0.1, -0.05) is 12.1 Å². The molecule has 0 bridgehead atoms. The molecule has 0 spiro atoms. The fourth-order valence-corrected chi connectivity index (χ4v) is 3.87. The minimum absolute atomic E-state index is 0.164. The van der Waals surface area contributed by atoms with Crippen LogP contribution in [0.3, 0.4) is 0 Å². The average molecular weight is 378 g/mol. The first-order valence-electron chi connectivity index (χ1n) is 8.56. The van der Waals surface area contributed by atoms with Crippen molar-refractivity contribution in [2.45, 2.75) is 25.1 Å². The van der Waals surface area contributed by atoms with Gasteiger partial charge in [-0.2, -0.15) is 11.8 Å². The van der Waals surface area contributed by atoms with Crippen molar-refractivity contribution in [3.63, 3.8) is 0 Å². The van der Waals surface area contributed by atoms with Crippen molar-refractivity contribution < 1.29 is 9.59 Å². The van der Waals surface area contributed by atoms with Crippen LogP contribution in [0.5, 0.6) is 0 Å². The van der Waals surface area contributed by atoms with E-state index < -0.39 is 5.91 Å². The lowest BCUT2D eigenvalue weighted by molar-refractivity contribution is -0.117. The Kier molecular flexibility index (Phi) is 6.90. The molecule has 142 valence electrons. The third kappa shape index (κ3) is 5.94. The van der Waals surface area contributed by atoms with Gasteiger partial charge in [0, 0.05) is 42.7 Å². The summed E-state index contributed by atoms with van der Waals surface area (Å²) in [6, 6.07) is 7.23. The van der Waals surface area contributed by atoms with E-state index in [-0.39, 0.29) is 17.2 Å². The van der Waals surface area contributed by atoms with Crippen LogP contribution in [0, 0.1) is 0 Å². The van der Waals surface area contributed by atoms with E-state index in [2.05, 4.69) is 34.4 Å². The Hall–Kier alpha value is -2.22. The zero-order chi connectivity index (χ0) is 19.2. The second-order valence-electron chi connectivity index (χ2n) is 6.78. The van der Waals surface area contributed by atoms with Gasteiger partial charge in [-0.15, -0.1) is 0 Å². The molecule has 1 heterocycles. The summed E-state index contributed by atoms with van der Waals surface area (Å²) in [7, 11) is 1.79. The lowest BCUT2D eigenvalue weighted by Gasteiger charge is -2.39. The van der Waals surface area contributed by atoms with Gasteiger partial charge in [-0.25, -0.2) is 0 Å². The number of hydrogen-bond donors (Lipinski definition) is 3. The van der Waals surface area contributed by atoms with E-state index in [9.17, 15) is 9.59 Å². The highest BCUT2D eigenvalue weighted by atomic mass is 32.2. The summed E-state index contributed by atoms with van der Waals surface area (Å²) >= 11 is 1.99. The van der Waals surface area contributed by atoms with Gasteiger partial charge < -0.3 is 21.3 Å². The number of carbonyl (C=O) groups is 2. The van der Waals surface area contributed by atoms with Crippen molar-refractivity contribution in [2.75, 3.05) is 32.4 Å². The molecule has 0 saturated carbocycles. The Morgan fingerprint density at radius 3 is 2.54 bits per heavy atom. The zero-order valence-corrected chi connectivity index (χ0v) is 16.4. The number of benzene rings is 1. The number of rotatable bonds is 5. The number of amides is 2. The monoisotopic (exact) mass is 377 g/mol. The molecule has 7 nitrogen and oxygen atoms in total. The lowest BCUT2D eigenvalue weighted by Crippen LogP contribution is -2.50. The van der Waals surface area contributed by atoms with E-state index >= 15 is 0 Å². The fourth-order valence-electron chi connectivity index (χ4n) is 2.75. The van der Waals surface area contributed by atoms with Crippen molar-refractivity contribution in [3.05, 3.63) is 35.4 Å². The number of hydrogen-bond acceptors (Lipinski definition) is 4. The maximum atomic E-state index is 11.9. The number of aliphatic imine (C=N–C) groups is 1. The average Bonchev–Trinajstić information content (AvgIpc) is 2.60. The minimum Gasteiger partial charge on any atom is -0.368 e. The van der Waals surface area contributed by atoms with Gasteiger partial charge in [0.15, 0.2) is 5.96 Å². The smallest absolute Gasteiger partial charge is 0.251 e. The highest BCUT2D eigenvalue weighted by Gasteiger charge is 2.28. The van der Waals surface area contributed by atoms with E-state index in [1.54, 1.807) is 19.2 Å². The summed E-state index contributed by atoms with van der Waals surface area (Å²) in [6.07, 6.45) is 0. The maximum absolute atomic E-state index is 11.9. The molecule has 1 saturated heterocycles. The van der Waals surface area contributed by atoms with E-state index in [1.165, 1.54) is 0 Å². The molecule has 26 heavy (non-hydrogen) atoms. The van der Waals surface area contributed by atoms with E-state index in [0.717, 1.165) is 30.4 Å². The first kappa shape index (κ1) is 20.1. The first-order chi connectivity index (χ1) is 12.3. The molecule has 2 amide bonds. The largest absolute Gasteiger partial charge is 0.368 e.